The molecule has 1 aliphatic heterocycles. The molecule has 0 saturated carbocycles. The second kappa shape index (κ2) is 8.08. The van der Waals surface area contributed by atoms with Crippen molar-refractivity contribution in [3.05, 3.63) is 28.7 Å². The average Bonchev–Trinajstić information content (AvgIpc) is 2.95. The number of unbranched alkanes of at least 4 members (excludes halogenated alkanes) is 1. The predicted octanol–water partition coefficient (Wildman–Crippen LogP) is 1.84. The van der Waals surface area contributed by atoms with Gasteiger partial charge in [-0.1, -0.05) is 13.3 Å². The Morgan fingerprint density at radius 3 is 2.79 bits per heavy atom. The summed E-state index contributed by atoms with van der Waals surface area (Å²) in [6.45, 7) is 4.66. The van der Waals surface area contributed by atoms with Crippen molar-refractivity contribution in [1.82, 2.24) is 14.2 Å². The fourth-order valence-electron chi connectivity index (χ4n) is 3.57. The molecule has 1 aromatic heterocycles. The highest BCUT2D eigenvalue weighted by Gasteiger charge is 2.37. The van der Waals surface area contributed by atoms with Crippen LogP contribution in [0.15, 0.2) is 32.3 Å². The van der Waals surface area contributed by atoms with E-state index >= 15 is 0 Å². The van der Waals surface area contributed by atoms with Crippen molar-refractivity contribution in [1.29, 1.82) is 0 Å². The van der Waals surface area contributed by atoms with Gasteiger partial charge in [-0.15, -0.1) is 0 Å². The van der Waals surface area contributed by atoms with Crippen LogP contribution in [0.4, 0.5) is 0 Å². The van der Waals surface area contributed by atoms with Gasteiger partial charge in [0.1, 0.15) is 0 Å². The Morgan fingerprint density at radius 1 is 1.32 bits per heavy atom. The molecular weight excluding hydrogens is 382 g/mol. The number of carbonyl (C=O) groups is 1. The molecule has 2 unspecified atom stereocenters. The SMILES string of the molecule is CCCCNC(=O)C1CCC(C)N(S(=O)(=O)c2ccc3c(c2)oc(=O)n3C)C1. The van der Waals surface area contributed by atoms with E-state index in [1.165, 1.54) is 21.0 Å². The van der Waals surface area contributed by atoms with Crippen LogP contribution >= 0.6 is 0 Å². The first-order chi connectivity index (χ1) is 13.3. The average molecular weight is 410 g/mol. The van der Waals surface area contributed by atoms with Crippen LogP contribution in [-0.4, -0.2) is 42.3 Å². The lowest BCUT2D eigenvalue weighted by molar-refractivity contribution is -0.126. The van der Waals surface area contributed by atoms with Gasteiger partial charge in [0.05, 0.1) is 16.3 Å². The molecule has 28 heavy (non-hydrogen) atoms. The molecule has 2 heterocycles. The summed E-state index contributed by atoms with van der Waals surface area (Å²) in [6.07, 6.45) is 3.17. The number of fused-ring (bicyclic) bond motifs is 1. The molecule has 1 N–H and O–H groups in total. The van der Waals surface area contributed by atoms with Gasteiger partial charge in [-0.25, -0.2) is 13.2 Å². The predicted molar refractivity (Wildman–Crippen MR) is 105 cm³/mol. The first-order valence-electron chi connectivity index (χ1n) is 9.64. The number of hydrogen-bond donors (Lipinski definition) is 1. The van der Waals surface area contributed by atoms with Gasteiger partial charge in [0.2, 0.25) is 15.9 Å². The highest BCUT2D eigenvalue weighted by Crippen LogP contribution is 2.29. The molecule has 8 nitrogen and oxygen atoms in total. The molecule has 1 aromatic carbocycles. The summed E-state index contributed by atoms with van der Waals surface area (Å²) in [5.74, 6) is -0.994. The summed E-state index contributed by atoms with van der Waals surface area (Å²) in [5.41, 5.74) is 0.760. The van der Waals surface area contributed by atoms with Gasteiger partial charge >= 0.3 is 5.76 Å². The number of sulfonamides is 1. The quantitative estimate of drug-likeness (QED) is 0.734. The van der Waals surface area contributed by atoms with Crippen molar-refractivity contribution in [3.8, 4) is 0 Å². The van der Waals surface area contributed by atoms with Crippen LogP contribution in [0.1, 0.15) is 39.5 Å². The molecule has 2 atom stereocenters. The number of benzene rings is 1. The minimum absolute atomic E-state index is 0.0632. The van der Waals surface area contributed by atoms with Gasteiger partial charge in [0, 0.05) is 32.2 Å². The van der Waals surface area contributed by atoms with Crippen LogP contribution in [0, 0.1) is 5.92 Å². The molecule has 0 radical (unpaired) electrons. The van der Waals surface area contributed by atoms with E-state index in [2.05, 4.69) is 12.2 Å². The van der Waals surface area contributed by atoms with E-state index in [-0.39, 0.29) is 34.9 Å². The minimum atomic E-state index is -3.82. The fourth-order valence-corrected chi connectivity index (χ4v) is 5.29. The third-order valence-electron chi connectivity index (χ3n) is 5.40. The van der Waals surface area contributed by atoms with Crippen molar-refractivity contribution in [2.24, 2.45) is 13.0 Å². The molecule has 1 saturated heterocycles. The molecule has 0 bridgehead atoms. The number of aromatic nitrogens is 1. The van der Waals surface area contributed by atoms with Crippen LogP contribution < -0.4 is 11.1 Å². The van der Waals surface area contributed by atoms with Gasteiger partial charge in [-0.05, 0) is 38.3 Å². The van der Waals surface area contributed by atoms with Crippen LogP contribution in [-0.2, 0) is 21.9 Å². The Labute approximate surface area is 164 Å². The molecule has 154 valence electrons. The zero-order valence-corrected chi connectivity index (χ0v) is 17.3. The topological polar surface area (TPSA) is 102 Å². The number of amides is 1. The van der Waals surface area contributed by atoms with E-state index in [9.17, 15) is 18.0 Å². The number of aryl methyl sites for hydroxylation is 1. The van der Waals surface area contributed by atoms with Crippen LogP contribution in [0.3, 0.4) is 0 Å². The standard InChI is InChI=1S/C19H27N3O5S/c1-4-5-10-20-18(23)14-7-6-13(2)22(12-14)28(25,26)15-8-9-16-17(11-15)27-19(24)21(16)3/h8-9,11,13-14H,4-7,10,12H2,1-3H3,(H,20,23). The third-order valence-corrected chi connectivity index (χ3v) is 7.37. The Morgan fingerprint density at radius 2 is 2.07 bits per heavy atom. The van der Waals surface area contributed by atoms with E-state index < -0.39 is 15.8 Å². The van der Waals surface area contributed by atoms with E-state index in [0.29, 0.717) is 24.9 Å². The fraction of sp³-hybridized carbons (Fsp3) is 0.579. The van der Waals surface area contributed by atoms with Crippen LogP contribution in [0.5, 0.6) is 0 Å². The summed E-state index contributed by atoms with van der Waals surface area (Å²) in [4.78, 5) is 24.2. The summed E-state index contributed by atoms with van der Waals surface area (Å²) < 4.78 is 34.3. The molecule has 1 aliphatic rings. The van der Waals surface area contributed by atoms with E-state index in [1.54, 1.807) is 13.1 Å². The Kier molecular flexibility index (Phi) is 5.95. The van der Waals surface area contributed by atoms with E-state index in [0.717, 1.165) is 12.8 Å². The number of nitrogens with zero attached hydrogens (tertiary/aromatic N) is 2. The Hall–Kier alpha value is -2.13. The molecule has 9 heteroatoms. The zero-order valence-electron chi connectivity index (χ0n) is 16.5. The molecule has 1 fully saturated rings. The van der Waals surface area contributed by atoms with Crippen molar-refractivity contribution in [3.63, 3.8) is 0 Å². The van der Waals surface area contributed by atoms with Gasteiger partial charge < -0.3 is 9.73 Å². The lowest BCUT2D eigenvalue weighted by atomic mass is 9.94. The lowest BCUT2D eigenvalue weighted by Crippen LogP contribution is -2.49. The molecule has 0 spiro atoms. The van der Waals surface area contributed by atoms with Gasteiger partial charge in [-0.2, -0.15) is 4.31 Å². The van der Waals surface area contributed by atoms with Gasteiger partial charge in [-0.3, -0.25) is 9.36 Å². The van der Waals surface area contributed by atoms with E-state index in [1.807, 2.05) is 6.92 Å². The number of piperidine rings is 1. The van der Waals surface area contributed by atoms with Gasteiger partial charge in [0.15, 0.2) is 5.58 Å². The third kappa shape index (κ3) is 3.86. The minimum Gasteiger partial charge on any atom is -0.408 e. The molecular formula is C19H27N3O5S. The van der Waals surface area contributed by atoms with Crippen LogP contribution in [0.25, 0.3) is 11.1 Å². The largest absolute Gasteiger partial charge is 0.419 e. The molecule has 3 rings (SSSR count). The summed E-state index contributed by atoms with van der Waals surface area (Å²) >= 11 is 0. The number of hydrogen-bond acceptors (Lipinski definition) is 5. The Balaban J connectivity index is 1.85. The number of nitrogens with one attached hydrogen (secondary N) is 1. The number of oxazole rings is 1. The maximum atomic E-state index is 13.2. The molecule has 2 aromatic rings. The van der Waals surface area contributed by atoms with Crippen LogP contribution in [0.2, 0.25) is 0 Å². The highest BCUT2D eigenvalue weighted by molar-refractivity contribution is 7.89. The second-order valence-corrected chi connectivity index (χ2v) is 9.29. The summed E-state index contributed by atoms with van der Waals surface area (Å²) in [5, 5.41) is 2.90. The molecule has 0 aliphatic carbocycles. The summed E-state index contributed by atoms with van der Waals surface area (Å²) in [6, 6.07) is 4.22. The smallest absolute Gasteiger partial charge is 0.408 e. The van der Waals surface area contributed by atoms with Gasteiger partial charge in [0.25, 0.3) is 0 Å². The summed E-state index contributed by atoms with van der Waals surface area (Å²) in [7, 11) is -2.25. The Bertz CT molecular complexity index is 1020. The first-order valence-corrected chi connectivity index (χ1v) is 11.1. The van der Waals surface area contributed by atoms with E-state index in [4.69, 9.17) is 4.42 Å². The monoisotopic (exact) mass is 409 g/mol. The first kappa shape index (κ1) is 20.6. The van der Waals surface area contributed by atoms with Crippen molar-refractivity contribution >= 4 is 27.0 Å². The lowest BCUT2D eigenvalue weighted by Gasteiger charge is -2.36. The van der Waals surface area contributed by atoms with Crippen molar-refractivity contribution in [2.75, 3.05) is 13.1 Å². The maximum absolute atomic E-state index is 13.2. The van der Waals surface area contributed by atoms with Crippen molar-refractivity contribution < 1.29 is 17.6 Å². The number of rotatable bonds is 6. The molecule has 1 amide bonds. The second-order valence-electron chi connectivity index (χ2n) is 7.40. The van der Waals surface area contributed by atoms with Crippen molar-refractivity contribution in [2.45, 2.75) is 50.5 Å². The normalized spacial score (nSPS) is 21.1. The highest BCUT2D eigenvalue weighted by atomic mass is 32.2. The maximum Gasteiger partial charge on any atom is 0.419 e. The zero-order chi connectivity index (χ0) is 20.5. The number of carbonyl (C=O) groups excluding carboxylic acids is 1.